The number of hydrogen-bond donors (Lipinski definition) is 2. The molecule has 3 nitrogen and oxygen atoms in total. The molecule has 1 aliphatic carbocycles. The highest BCUT2D eigenvalue weighted by Crippen LogP contribution is 2.20. The van der Waals surface area contributed by atoms with Crippen LogP contribution in [0.2, 0.25) is 5.02 Å². The largest absolute Gasteiger partial charge is 0.355 e. The van der Waals surface area contributed by atoms with Crippen LogP contribution in [0.5, 0.6) is 0 Å². The minimum Gasteiger partial charge on any atom is -0.355 e. The third-order valence-electron chi connectivity index (χ3n) is 3.78. The Morgan fingerprint density at radius 1 is 1.07 bits per heavy atom. The molecule has 0 aromatic heterocycles. The van der Waals surface area contributed by atoms with Crippen LogP contribution in [0.4, 0.5) is 0 Å². The summed E-state index contributed by atoms with van der Waals surface area (Å²) >= 11 is 7.35. The van der Waals surface area contributed by atoms with Crippen molar-refractivity contribution >= 4 is 29.3 Å². The first-order chi connectivity index (χ1) is 13.1. The molecule has 0 unspecified atom stereocenters. The van der Waals surface area contributed by atoms with Gasteiger partial charge in [0, 0.05) is 17.6 Å². The molecule has 1 fully saturated rings. The summed E-state index contributed by atoms with van der Waals surface area (Å²) in [6, 6.07) is 19.0. The van der Waals surface area contributed by atoms with Gasteiger partial charge in [-0.15, -0.1) is 0 Å². The second-order valence-electron chi connectivity index (χ2n) is 6.22. The van der Waals surface area contributed by atoms with Gasteiger partial charge in [0.2, 0.25) is 5.91 Å². The van der Waals surface area contributed by atoms with Crippen molar-refractivity contribution in [2.24, 2.45) is 0 Å². The van der Waals surface area contributed by atoms with Crippen molar-refractivity contribution in [3.05, 3.63) is 59.6 Å². The Hall–Kier alpha value is -1.49. The molecule has 0 saturated heterocycles. The van der Waals surface area contributed by atoms with E-state index < -0.39 is 0 Å². The maximum absolute atomic E-state index is 10.7. The van der Waals surface area contributed by atoms with E-state index in [4.69, 9.17) is 11.6 Å². The molecule has 5 heteroatoms. The van der Waals surface area contributed by atoms with Crippen LogP contribution in [0.1, 0.15) is 26.2 Å². The second-order valence-corrected chi connectivity index (χ2v) is 7.52. The molecule has 0 spiro atoms. The van der Waals surface area contributed by atoms with Gasteiger partial charge in [0.05, 0.1) is 5.75 Å². The van der Waals surface area contributed by atoms with Gasteiger partial charge in [-0.05, 0) is 55.8 Å². The third kappa shape index (κ3) is 11.8. The van der Waals surface area contributed by atoms with E-state index in [9.17, 15) is 4.79 Å². The van der Waals surface area contributed by atoms with Crippen molar-refractivity contribution in [3.63, 3.8) is 0 Å². The van der Waals surface area contributed by atoms with Gasteiger partial charge in [-0.1, -0.05) is 61.0 Å². The van der Waals surface area contributed by atoms with Crippen molar-refractivity contribution < 1.29 is 4.79 Å². The standard InChI is InChI=1S/C12H9Cl.C6H13NOS.C4H9N/c13-12-8-6-11(7-9-12)10-4-2-1-3-5-10;1-3-4-7-6(8)5-9-2;1-5-4-2-3-4/h1-9H;3-5H2,1-2H3,(H,7,8);4-5H,2-3H2,1H3. The average Bonchev–Trinajstić information content (AvgIpc) is 3.54. The lowest BCUT2D eigenvalue weighted by atomic mass is 10.1. The minimum atomic E-state index is 0.143. The summed E-state index contributed by atoms with van der Waals surface area (Å²) in [7, 11) is 2.01. The normalized spacial score (nSPS) is 12.1. The minimum absolute atomic E-state index is 0.143. The molecule has 0 aliphatic heterocycles. The Morgan fingerprint density at radius 3 is 2.11 bits per heavy atom. The van der Waals surface area contributed by atoms with Crippen molar-refractivity contribution in [1.82, 2.24) is 10.6 Å². The summed E-state index contributed by atoms with van der Waals surface area (Å²) in [5.41, 5.74) is 2.42. The van der Waals surface area contributed by atoms with Gasteiger partial charge in [-0.2, -0.15) is 11.8 Å². The highest BCUT2D eigenvalue weighted by molar-refractivity contribution is 7.99. The molecule has 0 atom stereocenters. The molecule has 2 aromatic carbocycles. The maximum Gasteiger partial charge on any atom is 0.229 e. The maximum atomic E-state index is 10.7. The van der Waals surface area contributed by atoms with Crippen molar-refractivity contribution in [3.8, 4) is 11.1 Å². The smallest absolute Gasteiger partial charge is 0.229 e. The predicted octanol–water partition coefficient (Wildman–Crippen LogP) is 5.25. The van der Waals surface area contributed by atoms with Crippen LogP contribution in [-0.2, 0) is 4.79 Å². The molecule has 148 valence electrons. The number of nitrogens with one attached hydrogen (secondary N) is 2. The van der Waals surface area contributed by atoms with E-state index in [0.29, 0.717) is 5.75 Å². The van der Waals surface area contributed by atoms with Crippen molar-refractivity contribution in [1.29, 1.82) is 0 Å². The lowest BCUT2D eigenvalue weighted by Crippen LogP contribution is -2.25. The van der Waals surface area contributed by atoms with Gasteiger partial charge >= 0.3 is 0 Å². The summed E-state index contributed by atoms with van der Waals surface area (Å²) in [6.45, 7) is 2.85. The molecule has 1 amide bonds. The summed E-state index contributed by atoms with van der Waals surface area (Å²) < 4.78 is 0. The number of carbonyl (C=O) groups is 1. The quantitative estimate of drug-likeness (QED) is 0.688. The molecule has 0 bridgehead atoms. The second kappa shape index (κ2) is 14.6. The summed E-state index contributed by atoms with van der Waals surface area (Å²) in [5.74, 6) is 0.726. The van der Waals surface area contributed by atoms with Gasteiger partial charge in [-0.25, -0.2) is 0 Å². The van der Waals surface area contributed by atoms with Gasteiger partial charge in [0.25, 0.3) is 0 Å². The van der Waals surface area contributed by atoms with E-state index in [-0.39, 0.29) is 5.91 Å². The SMILES string of the molecule is CCCNC(=O)CSC.CNC1CC1.Clc1ccc(-c2ccccc2)cc1. The summed E-state index contributed by atoms with van der Waals surface area (Å²) in [5, 5.41) is 6.69. The highest BCUT2D eigenvalue weighted by Gasteiger charge is 2.17. The zero-order chi connectivity index (χ0) is 19.9. The van der Waals surface area contributed by atoms with Crippen molar-refractivity contribution in [2.45, 2.75) is 32.2 Å². The van der Waals surface area contributed by atoms with Crippen LogP contribution in [0.15, 0.2) is 54.6 Å². The monoisotopic (exact) mass is 406 g/mol. The Balaban J connectivity index is 0.000000226. The lowest BCUT2D eigenvalue weighted by molar-refractivity contribution is -0.118. The molecular formula is C22H31ClN2OS. The molecule has 0 radical (unpaired) electrons. The number of carbonyl (C=O) groups excluding carboxylic acids is 1. The predicted molar refractivity (Wildman–Crippen MR) is 121 cm³/mol. The molecule has 1 aliphatic rings. The zero-order valence-electron chi connectivity index (χ0n) is 16.5. The van der Waals surface area contributed by atoms with E-state index in [0.717, 1.165) is 24.0 Å². The Labute approximate surface area is 173 Å². The number of amides is 1. The van der Waals surface area contributed by atoms with Crippen LogP contribution in [0.3, 0.4) is 0 Å². The molecule has 2 aromatic rings. The molecule has 1 saturated carbocycles. The highest BCUT2D eigenvalue weighted by atomic mass is 35.5. The van der Waals surface area contributed by atoms with Gasteiger partial charge < -0.3 is 10.6 Å². The zero-order valence-corrected chi connectivity index (χ0v) is 18.1. The van der Waals surface area contributed by atoms with E-state index in [1.54, 1.807) is 11.8 Å². The summed E-state index contributed by atoms with van der Waals surface area (Å²) in [6.07, 6.45) is 5.73. The molecule has 0 heterocycles. The van der Waals surface area contributed by atoms with Crippen molar-refractivity contribution in [2.75, 3.05) is 25.6 Å². The van der Waals surface area contributed by atoms with Crippen LogP contribution in [0.25, 0.3) is 11.1 Å². The van der Waals surface area contributed by atoms with Crippen LogP contribution in [-0.4, -0.2) is 37.6 Å². The molecule has 3 rings (SSSR count). The third-order valence-corrected chi connectivity index (χ3v) is 4.59. The first-order valence-electron chi connectivity index (χ1n) is 9.34. The van der Waals surface area contributed by atoms with E-state index >= 15 is 0 Å². The fourth-order valence-electron chi connectivity index (χ4n) is 2.09. The molecular weight excluding hydrogens is 376 g/mol. The van der Waals surface area contributed by atoms with Crippen LogP contribution < -0.4 is 10.6 Å². The topological polar surface area (TPSA) is 41.1 Å². The number of rotatable bonds is 6. The number of benzene rings is 2. The summed E-state index contributed by atoms with van der Waals surface area (Å²) in [4.78, 5) is 10.7. The van der Waals surface area contributed by atoms with Gasteiger partial charge in [0.1, 0.15) is 0 Å². The Morgan fingerprint density at radius 2 is 1.67 bits per heavy atom. The Kier molecular flexibility index (Phi) is 12.7. The molecule has 27 heavy (non-hydrogen) atoms. The number of halogens is 1. The first-order valence-corrected chi connectivity index (χ1v) is 11.1. The molecule has 2 N–H and O–H groups in total. The van der Waals surface area contributed by atoms with Gasteiger partial charge in [0.15, 0.2) is 0 Å². The van der Waals surface area contributed by atoms with E-state index in [2.05, 4.69) is 22.8 Å². The van der Waals surface area contributed by atoms with Gasteiger partial charge in [-0.3, -0.25) is 4.79 Å². The first kappa shape index (κ1) is 23.5. The van der Waals surface area contributed by atoms with E-state index in [1.807, 2.05) is 62.7 Å². The fourth-order valence-corrected chi connectivity index (χ4v) is 2.58. The number of hydrogen-bond acceptors (Lipinski definition) is 3. The Bertz CT molecular complexity index is 631. The average molecular weight is 407 g/mol. The number of thioether (sulfide) groups is 1. The van der Waals surface area contributed by atoms with Crippen LogP contribution in [0, 0.1) is 0 Å². The van der Waals surface area contributed by atoms with E-state index in [1.165, 1.54) is 24.0 Å². The fraction of sp³-hybridized carbons (Fsp3) is 0.409. The lowest BCUT2D eigenvalue weighted by Gasteiger charge is -2.00. The van der Waals surface area contributed by atoms with Crippen LogP contribution >= 0.6 is 23.4 Å².